The number of ether oxygens (including phenoxy) is 1. The second-order valence-electron chi connectivity index (χ2n) is 5.36. The van der Waals surface area contributed by atoms with Crippen molar-refractivity contribution in [1.29, 1.82) is 0 Å². The third kappa shape index (κ3) is 3.71. The standard InChI is InChI=1S/C15H23N3O2/c1-18(2)12-7-5-11(6-8-12)14(15(16)19)17-10-13-4-3-9-20-13/h5-8,13-14,17H,3-4,9-10H2,1-2H3,(H2,16,19). The molecule has 1 aromatic rings. The second-order valence-corrected chi connectivity index (χ2v) is 5.36. The van der Waals surface area contributed by atoms with Gasteiger partial charge in [-0.05, 0) is 30.5 Å². The topological polar surface area (TPSA) is 67.6 Å². The van der Waals surface area contributed by atoms with Crippen LogP contribution in [0.5, 0.6) is 0 Å². The largest absolute Gasteiger partial charge is 0.378 e. The van der Waals surface area contributed by atoms with Gasteiger partial charge in [-0.3, -0.25) is 10.1 Å². The third-order valence-corrected chi connectivity index (χ3v) is 3.60. The molecule has 0 radical (unpaired) electrons. The van der Waals surface area contributed by atoms with Crippen molar-refractivity contribution >= 4 is 11.6 Å². The van der Waals surface area contributed by atoms with Crippen LogP contribution >= 0.6 is 0 Å². The van der Waals surface area contributed by atoms with Crippen LogP contribution in [0.15, 0.2) is 24.3 Å². The van der Waals surface area contributed by atoms with Crippen molar-refractivity contribution < 1.29 is 9.53 Å². The molecule has 1 aliphatic rings. The Morgan fingerprint density at radius 3 is 2.65 bits per heavy atom. The molecule has 110 valence electrons. The van der Waals surface area contributed by atoms with Gasteiger partial charge in [0.25, 0.3) is 0 Å². The van der Waals surface area contributed by atoms with E-state index in [1.54, 1.807) is 0 Å². The van der Waals surface area contributed by atoms with Crippen LogP contribution < -0.4 is 16.0 Å². The van der Waals surface area contributed by atoms with Crippen LogP contribution in [0, 0.1) is 0 Å². The number of primary amides is 1. The van der Waals surface area contributed by atoms with Crippen molar-refractivity contribution in [3.8, 4) is 0 Å². The maximum Gasteiger partial charge on any atom is 0.239 e. The fourth-order valence-corrected chi connectivity index (χ4v) is 2.40. The van der Waals surface area contributed by atoms with E-state index in [0.29, 0.717) is 6.54 Å². The molecule has 5 heteroatoms. The Hall–Kier alpha value is -1.59. The minimum atomic E-state index is -0.463. The lowest BCUT2D eigenvalue weighted by Crippen LogP contribution is -2.37. The van der Waals surface area contributed by atoms with Gasteiger partial charge in [-0.1, -0.05) is 12.1 Å². The van der Waals surface area contributed by atoms with Gasteiger partial charge in [0.05, 0.1) is 6.10 Å². The molecule has 1 aliphatic heterocycles. The molecule has 1 fully saturated rings. The highest BCUT2D eigenvalue weighted by Gasteiger charge is 2.21. The first kappa shape index (κ1) is 14.8. The lowest BCUT2D eigenvalue weighted by atomic mass is 10.1. The molecule has 0 bridgehead atoms. The molecule has 20 heavy (non-hydrogen) atoms. The van der Waals surface area contributed by atoms with E-state index in [9.17, 15) is 4.79 Å². The number of carbonyl (C=O) groups is 1. The highest BCUT2D eigenvalue weighted by atomic mass is 16.5. The first-order chi connectivity index (χ1) is 9.58. The molecule has 1 heterocycles. The lowest BCUT2D eigenvalue weighted by molar-refractivity contribution is -0.120. The van der Waals surface area contributed by atoms with E-state index >= 15 is 0 Å². The number of anilines is 1. The highest BCUT2D eigenvalue weighted by Crippen LogP contribution is 2.19. The molecule has 1 saturated heterocycles. The molecule has 2 rings (SSSR count). The van der Waals surface area contributed by atoms with Gasteiger partial charge in [0.1, 0.15) is 6.04 Å². The van der Waals surface area contributed by atoms with Crippen LogP contribution in [0.4, 0.5) is 5.69 Å². The van der Waals surface area contributed by atoms with E-state index < -0.39 is 6.04 Å². The third-order valence-electron chi connectivity index (χ3n) is 3.60. The molecular formula is C15H23N3O2. The van der Waals surface area contributed by atoms with E-state index in [1.807, 2.05) is 43.3 Å². The number of benzene rings is 1. The van der Waals surface area contributed by atoms with Crippen LogP contribution in [-0.2, 0) is 9.53 Å². The number of hydrogen-bond donors (Lipinski definition) is 2. The molecule has 1 aromatic carbocycles. The Morgan fingerprint density at radius 2 is 2.15 bits per heavy atom. The van der Waals surface area contributed by atoms with Crippen LogP contribution in [0.25, 0.3) is 0 Å². The van der Waals surface area contributed by atoms with E-state index in [2.05, 4.69) is 5.32 Å². The van der Waals surface area contributed by atoms with Gasteiger partial charge in [0.2, 0.25) is 5.91 Å². The first-order valence-electron chi connectivity index (χ1n) is 6.99. The summed E-state index contributed by atoms with van der Waals surface area (Å²) < 4.78 is 5.55. The highest BCUT2D eigenvalue weighted by molar-refractivity contribution is 5.81. The number of nitrogens with one attached hydrogen (secondary N) is 1. The Morgan fingerprint density at radius 1 is 1.45 bits per heavy atom. The first-order valence-corrected chi connectivity index (χ1v) is 6.99. The fraction of sp³-hybridized carbons (Fsp3) is 0.533. The predicted molar refractivity (Wildman–Crippen MR) is 79.7 cm³/mol. The average Bonchev–Trinajstić information content (AvgIpc) is 2.92. The maximum absolute atomic E-state index is 11.6. The Balaban J connectivity index is 2.01. The Kier molecular flexibility index (Phi) is 4.98. The predicted octanol–water partition coefficient (Wildman–Crippen LogP) is 1.05. The summed E-state index contributed by atoms with van der Waals surface area (Å²) in [5.41, 5.74) is 7.48. The van der Waals surface area contributed by atoms with Crippen molar-refractivity contribution in [3.05, 3.63) is 29.8 Å². The van der Waals surface area contributed by atoms with Crippen molar-refractivity contribution in [2.75, 3.05) is 32.1 Å². The zero-order valence-electron chi connectivity index (χ0n) is 12.1. The summed E-state index contributed by atoms with van der Waals surface area (Å²) in [7, 11) is 3.96. The molecule has 0 saturated carbocycles. The van der Waals surface area contributed by atoms with Crippen LogP contribution in [0.3, 0.4) is 0 Å². The normalized spacial score (nSPS) is 19.8. The van der Waals surface area contributed by atoms with E-state index in [1.165, 1.54) is 0 Å². The van der Waals surface area contributed by atoms with Crippen molar-refractivity contribution in [2.45, 2.75) is 25.0 Å². The molecule has 0 aromatic heterocycles. The number of rotatable bonds is 6. The van der Waals surface area contributed by atoms with Gasteiger partial charge in [-0.2, -0.15) is 0 Å². The van der Waals surface area contributed by atoms with E-state index in [-0.39, 0.29) is 12.0 Å². The van der Waals surface area contributed by atoms with E-state index in [4.69, 9.17) is 10.5 Å². The van der Waals surface area contributed by atoms with Crippen LogP contribution in [0.1, 0.15) is 24.4 Å². The van der Waals surface area contributed by atoms with Gasteiger partial charge in [-0.15, -0.1) is 0 Å². The summed E-state index contributed by atoms with van der Waals surface area (Å²) in [4.78, 5) is 13.6. The average molecular weight is 277 g/mol. The zero-order chi connectivity index (χ0) is 14.5. The summed E-state index contributed by atoms with van der Waals surface area (Å²) >= 11 is 0. The quantitative estimate of drug-likeness (QED) is 0.815. The summed E-state index contributed by atoms with van der Waals surface area (Å²) in [5, 5.41) is 3.21. The lowest BCUT2D eigenvalue weighted by Gasteiger charge is -2.19. The molecule has 5 nitrogen and oxygen atoms in total. The Bertz CT molecular complexity index is 439. The molecule has 0 spiro atoms. The minimum absolute atomic E-state index is 0.192. The number of nitrogens with two attached hydrogens (primary N) is 1. The van der Waals surface area contributed by atoms with Crippen LogP contribution in [-0.4, -0.2) is 39.3 Å². The molecule has 0 aliphatic carbocycles. The van der Waals surface area contributed by atoms with Gasteiger partial charge in [-0.25, -0.2) is 0 Å². The van der Waals surface area contributed by atoms with Crippen molar-refractivity contribution in [2.24, 2.45) is 5.73 Å². The monoisotopic (exact) mass is 277 g/mol. The van der Waals surface area contributed by atoms with Gasteiger partial charge in [0.15, 0.2) is 0 Å². The fourth-order valence-electron chi connectivity index (χ4n) is 2.40. The second kappa shape index (κ2) is 6.72. The summed E-state index contributed by atoms with van der Waals surface area (Å²) in [6.07, 6.45) is 2.32. The molecule has 2 unspecified atom stereocenters. The zero-order valence-corrected chi connectivity index (χ0v) is 12.1. The molecule has 1 amide bonds. The number of amides is 1. The van der Waals surface area contributed by atoms with Crippen molar-refractivity contribution in [3.63, 3.8) is 0 Å². The summed E-state index contributed by atoms with van der Waals surface area (Å²) in [6.45, 7) is 1.47. The number of nitrogens with zero attached hydrogens (tertiary/aromatic N) is 1. The van der Waals surface area contributed by atoms with Crippen molar-refractivity contribution in [1.82, 2.24) is 5.32 Å². The van der Waals surface area contributed by atoms with Gasteiger partial charge < -0.3 is 15.4 Å². The Labute approximate surface area is 120 Å². The summed E-state index contributed by atoms with van der Waals surface area (Å²) in [5.74, 6) is -0.361. The molecule has 3 N–H and O–H groups in total. The molecule has 2 atom stereocenters. The maximum atomic E-state index is 11.6. The van der Waals surface area contributed by atoms with Gasteiger partial charge >= 0.3 is 0 Å². The SMILES string of the molecule is CN(C)c1ccc(C(NCC2CCCO2)C(N)=O)cc1. The van der Waals surface area contributed by atoms with E-state index in [0.717, 1.165) is 30.7 Å². The smallest absolute Gasteiger partial charge is 0.239 e. The summed E-state index contributed by atoms with van der Waals surface area (Å²) in [6, 6.07) is 7.38. The minimum Gasteiger partial charge on any atom is -0.378 e. The number of hydrogen-bond acceptors (Lipinski definition) is 4. The van der Waals surface area contributed by atoms with Gasteiger partial charge in [0, 0.05) is 32.9 Å². The van der Waals surface area contributed by atoms with Crippen LogP contribution in [0.2, 0.25) is 0 Å². The number of carbonyl (C=O) groups excluding carboxylic acids is 1. The molecular weight excluding hydrogens is 254 g/mol.